The van der Waals surface area contributed by atoms with Crippen molar-refractivity contribution in [2.75, 3.05) is 6.54 Å². The minimum absolute atomic E-state index is 0.920. The fraction of sp³-hybridized carbons (Fsp3) is 0.500. The van der Waals surface area contributed by atoms with Crippen LogP contribution in [0.15, 0.2) is 36.7 Å². The van der Waals surface area contributed by atoms with Crippen molar-refractivity contribution < 1.29 is 0 Å². The molecule has 0 aliphatic rings. The second-order valence-electron chi connectivity index (χ2n) is 5.46. The van der Waals surface area contributed by atoms with Gasteiger partial charge in [-0.15, -0.1) is 0 Å². The third-order valence-electron chi connectivity index (χ3n) is 3.77. The first-order valence-electron chi connectivity index (χ1n) is 7.94. The number of unbranched alkanes of at least 4 members (excludes halogenated alkanes) is 5. The summed E-state index contributed by atoms with van der Waals surface area (Å²) in [5, 5.41) is 6.09. The molecule has 0 bridgehead atoms. The first-order valence-corrected chi connectivity index (χ1v) is 7.94. The van der Waals surface area contributed by atoms with E-state index in [4.69, 9.17) is 0 Å². The van der Waals surface area contributed by atoms with E-state index in [-0.39, 0.29) is 0 Å². The molecule has 1 N–H and O–H groups in total. The molecule has 0 aliphatic heterocycles. The zero-order valence-corrected chi connectivity index (χ0v) is 12.6. The van der Waals surface area contributed by atoms with Gasteiger partial charge in [0.25, 0.3) is 0 Å². The largest absolute Gasteiger partial charge is 0.313 e. The van der Waals surface area contributed by atoms with Crippen molar-refractivity contribution in [1.29, 1.82) is 0 Å². The number of fused-ring (bicyclic) bond motifs is 1. The van der Waals surface area contributed by atoms with E-state index in [0.29, 0.717) is 0 Å². The van der Waals surface area contributed by atoms with Crippen molar-refractivity contribution in [3.63, 3.8) is 0 Å². The van der Waals surface area contributed by atoms with Crippen LogP contribution in [0.1, 0.15) is 51.0 Å². The molecular formula is C18H26N2. The molecule has 0 saturated heterocycles. The lowest BCUT2D eigenvalue weighted by atomic mass is 10.1. The molecule has 20 heavy (non-hydrogen) atoms. The summed E-state index contributed by atoms with van der Waals surface area (Å²) in [6.45, 7) is 4.29. The van der Waals surface area contributed by atoms with Crippen LogP contribution in [0.4, 0.5) is 0 Å². The average Bonchev–Trinajstić information content (AvgIpc) is 2.50. The standard InChI is InChI=1S/C18H26N2/c1-2-3-4-5-6-9-12-19-14-17-15-20-13-16-10-7-8-11-18(16)17/h7-8,10-11,13,15,19H,2-6,9,12,14H2,1H3. The van der Waals surface area contributed by atoms with E-state index < -0.39 is 0 Å². The van der Waals surface area contributed by atoms with Gasteiger partial charge in [0.15, 0.2) is 0 Å². The number of hydrogen-bond donors (Lipinski definition) is 1. The van der Waals surface area contributed by atoms with E-state index in [2.05, 4.69) is 41.5 Å². The lowest BCUT2D eigenvalue weighted by Gasteiger charge is -2.07. The van der Waals surface area contributed by atoms with E-state index in [1.54, 1.807) is 0 Å². The highest BCUT2D eigenvalue weighted by Crippen LogP contribution is 2.16. The van der Waals surface area contributed by atoms with Crippen molar-refractivity contribution in [2.24, 2.45) is 0 Å². The molecule has 0 aliphatic carbocycles. The van der Waals surface area contributed by atoms with Crippen LogP contribution in [0.2, 0.25) is 0 Å². The summed E-state index contributed by atoms with van der Waals surface area (Å²) in [6, 6.07) is 8.47. The fourth-order valence-corrected chi connectivity index (χ4v) is 2.57. The van der Waals surface area contributed by atoms with Gasteiger partial charge in [-0.3, -0.25) is 4.98 Å². The number of rotatable bonds is 9. The topological polar surface area (TPSA) is 24.9 Å². The van der Waals surface area contributed by atoms with E-state index in [9.17, 15) is 0 Å². The normalized spacial score (nSPS) is 11.1. The Balaban J connectivity index is 1.71. The predicted molar refractivity (Wildman–Crippen MR) is 86.8 cm³/mol. The fourth-order valence-electron chi connectivity index (χ4n) is 2.57. The van der Waals surface area contributed by atoms with E-state index >= 15 is 0 Å². The summed E-state index contributed by atoms with van der Waals surface area (Å²) < 4.78 is 0. The number of benzene rings is 1. The molecule has 2 heteroatoms. The Morgan fingerprint density at radius 2 is 1.75 bits per heavy atom. The minimum atomic E-state index is 0.920. The van der Waals surface area contributed by atoms with Gasteiger partial charge in [0, 0.05) is 24.3 Å². The van der Waals surface area contributed by atoms with Crippen LogP contribution in [0.5, 0.6) is 0 Å². The third-order valence-corrected chi connectivity index (χ3v) is 3.77. The van der Waals surface area contributed by atoms with Crippen LogP contribution in [0.25, 0.3) is 10.8 Å². The lowest BCUT2D eigenvalue weighted by Crippen LogP contribution is -2.15. The van der Waals surface area contributed by atoms with Crippen LogP contribution in [0.3, 0.4) is 0 Å². The summed E-state index contributed by atoms with van der Waals surface area (Å²) in [7, 11) is 0. The van der Waals surface area contributed by atoms with E-state index in [1.807, 2.05) is 12.4 Å². The second-order valence-corrected chi connectivity index (χ2v) is 5.46. The van der Waals surface area contributed by atoms with Crippen molar-refractivity contribution >= 4 is 10.8 Å². The Morgan fingerprint density at radius 3 is 2.65 bits per heavy atom. The smallest absolute Gasteiger partial charge is 0.0346 e. The van der Waals surface area contributed by atoms with Crippen molar-refractivity contribution in [3.05, 3.63) is 42.2 Å². The molecule has 0 unspecified atom stereocenters. The average molecular weight is 270 g/mol. The van der Waals surface area contributed by atoms with Gasteiger partial charge in [-0.2, -0.15) is 0 Å². The highest BCUT2D eigenvalue weighted by atomic mass is 14.8. The second kappa shape index (κ2) is 8.70. The molecule has 0 amide bonds. The molecule has 1 aromatic heterocycles. The maximum absolute atomic E-state index is 4.32. The summed E-state index contributed by atoms with van der Waals surface area (Å²) in [5.41, 5.74) is 1.30. The maximum atomic E-state index is 4.32. The number of nitrogens with one attached hydrogen (secondary N) is 1. The van der Waals surface area contributed by atoms with Crippen LogP contribution in [-0.4, -0.2) is 11.5 Å². The molecule has 2 rings (SSSR count). The molecule has 0 atom stereocenters. The Labute approximate surface area is 122 Å². The van der Waals surface area contributed by atoms with Gasteiger partial charge in [-0.25, -0.2) is 0 Å². The Bertz CT molecular complexity index is 502. The highest BCUT2D eigenvalue weighted by molar-refractivity contribution is 5.84. The Morgan fingerprint density at radius 1 is 0.950 bits per heavy atom. The molecule has 1 aromatic carbocycles. The predicted octanol–water partition coefficient (Wildman–Crippen LogP) is 4.68. The summed E-state index contributed by atoms with van der Waals surface area (Å²) in [4.78, 5) is 4.32. The zero-order valence-electron chi connectivity index (χ0n) is 12.6. The molecule has 2 nitrogen and oxygen atoms in total. The van der Waals surface area contributed by atoms with Gasteiger partial charge in [-0.1, -0.05) is 63.3 Å². The first kappa shape index (κ1) is 15.0. The summed E-state index contributed by atoms with van der Waals surface area (Å²) in [5.74, 6) is 0. The van der Waals surface area contributed by atoms with Gasteiger partial charge < -0.3 is 5.32 Å². The van der Waals surface area contributed by atoms with E-state index in [1.165, 1.54) is 54.9 Å². The SMILES string of the molecule is CCCCCCCCNCc1cncc2ccccc12. The molecule has 0 radical (unpaired) electrons. The van der Waals surface area contributed by atoms with Crippen LogP contribution in [-0.2, 0) is 6.54 Å². The molecule has 0 saturated carbocycles. The van der Waals surface area contributed by atoms with Crippen LogP contribution in [0, 0.1) is 0 Å². The van der Waals surface area contributed by atoms with E-state index in [0.717, 1.165) is 13.1 Å². The van der Waals surface area contributed by atoms with Crippen molar-refractivity contribution in [1.82, 2.24) is 10.3 Å². The molecule has 0 spiro atoms. The number of nitrogens with zero attached hydrogens (tertiary/aromatic N) is 1. The first-order chi connectivity index (χ1) is 9.92. The van der Waals surface area contributed by atoms with Crippen LogP contribution < -0.4 is 5.32 Å². The lowest BCUT2D eigenvalue weighted by molar-refractivity contribution is 0.572. The number of hydrogen-bond acceptors (Lipinski definition) is 2. The van der Waals surface area contributed by atoms with Gasteiger partial charge in [0.2, 0.25) is 0 Å². The molecule has 2 aromatic rings. The molecular weight excluding hydrogens is 244 g/mol. The van der Waals surface area contributed by atoms with Gasteiger partial charge in [0.1, 0.15) is 0 Å². The molecule has 0 fully saturated rings. The van der Waals surface area contributed by atoms with Gasteiger partial charge in [-0.05, 0) is 23.9 Å². The monoisotopic (exact) mass is 270 g/mol. The summed E-state index contributed by atoms with van der Waals surface area (Å²) >= 11 is 0. The number of pyridine rings is 1. The number of aromatic nitrogens is 1. The van der Waals surface area contributed by atoms with Crippen molar-refractivity contribution in [3.8, 4) is 0 Å². The van der Waals surface area contributed by atoms with Crippen LogP contribution >= 0.6 is 0 Å². The third kappa shape index (κ3) is 4.61. The van der Waals surface area contributed by atoms with Gasteiger partial charge in [0.05, 0.1) is 0 Å². The highest BCUT2D eigenvalue weighted by Gasteiger charge is 2.00. The quantitative estimate of drug-likeness (QED) is 0.669. The molecule has 1 heterocycles. The maximum Gasteiger partial charge on any atom is 0.0346 e. The summed E-state index contributed by atoms with van der Waals surface area (Å²) in [6.07, 6.45) is 12.0. The Hall–Kier alpha value is -1.41. The minimum Gasteiger partial charge on any atom is -0.313 e. The molecule has 108 valence electrons. The van der Waals surface area contributed by atoms with Gasteiger partial charge >= 0.3 is 0 Å². The Kier molecular flexibility index (Phi) is 6.52. The zero-order chi connectivity index (χ0) is 14.0. The van der Waals surface area contributed by atoms with Crippen molar-refractivity contribution in [2.45, 2.75) is 52.0 Å².